The minimum atomic E-state index is -0.407. The van der Waals surface area contributed by atoms with Crippen LogP contribution >= 0.6 is 11.6 Å². The van der Waals surface area contributed by atoms with Gasteiger partial charge in [0.05, 0.1) is 5.02 Å². The van der Waals surface area contributed by atoms with Crippen molar-refractivity contribution < 1.29 is 8.78 Å². The van der Waals surface area contributed by atoms with Crippen LogP contribution in [0.3, 0.4) is 0 Å². The van der Waals surface area contributed by atoms with E-state index in [1.807, 2.05) is 12.1 Å². The Balaban J connectivity index is 1.58. The number of hydrogen-bond acceptors (Lipinski definition) is 1. The molecule has 0 atom stereocenters. The predicted octanol–water partition coefficient (Wildman–Crippen LogP) is 4.98. The predicted molar refractivity (Wildman–Crippen MR) is 77.2 cm³/mol. The molecule has 0 heterocycles. The van der Waals surface area contributed by atoms with Gasteiger partial charge in [-0.15, -0.1) is 0 Å². The van der Waals surface area contributed by atoms with Crippen molar-refractivity contribution in [2.45, 2.75) is 24.8 Å². The maximum atomic E-state index is 13.1. The van der Waals surface area contributed by atoms with E-state index in [0.717, 1.165) is 18.5 Å². The van der Waals surface area contributed by atoms with E-state index in [2.05, 4.69) is 5.32 Å². The van der Waals surface area contributed by atoms with Crippen LogP contribution < -0.4 is 5.32 Å². The zero-order valence-electron chi connectivity index (χ0n) is 10.7. The van der Waals surface area contributed by atoms with Crippen LogP contribution in [0.1, 0.15) is 24.3 Å². The summed E-state index contributed by atoms with van der Waals surface area (Å²) in [5.41, 5.74) is 2.00. The molecule has 4 heteroatoms. The fourth-order valence-corrected chi connectivity index (χ4v) is 2.74. The zero-order valence-corrected chi connectivity index (χ0v) is 11.5. The van der Waals surface area contributed by atoms with Crippen molar-refractivity contribution >= 4 is 17.3 Å². The van der Waals surface area contributed by atoms with Crippen molar-refractivity contribution in [2.75, 3.05) is 5.32 Å². The first-order chi connectivity index (χ1) is 9.61. The maximum absolute atomic E-state index is 13.1. The molecule has 3 rings (SSSR count). The van der Waals surface area contributed by atoms with Gasteiger partial charge in [0, 0.05) is 11.7 Å². The van der Waals surface area contributed by atoms with Gasteiger partial charge in [-0.25, -0.2) is 8.78 Å². The molecular weight excluding hydrogens is 280 g/mol. The molecule has 1 saturated carbocycles. The molecule has 0 saturated heterocycles. The standard InChI is InChI=1S/C16H14ClF2N/c17-15-9-13(5-6-16(15)19)20-14-7-11(8-14)10-1-3-12(18)4-2-10/h1-6,9,11,14,20H,7-8H2. The van der Waals surface area contributed by atoms with Crippen LogP contribution in [0.2, 0.25) is 5.02 Å². The summed E-state index contributed by atoms with van der Waals surface area (Å²) in [7, 11) is 0. The first-order valence-corrected chi connectivity index (χ1v) is 6.96. The van der Waals surface area contributed by atoms with Crippen molar-refractivity contribution in [3.05, 3.63) is 64.7 Å². The molecular formula is C16H14ClF2N. The number of anilines is 1. The van der Waals surface area contributed by atoms with Gasteiger partial charge in [-0.2, -0.15) is 0 Å². The van der Waals surface area contributed by atoms with Crippen LogP contribution in [-0.2, 0) is 0 Å². The van der Waals surface area contributed by atoms with E-state index in [0.29, 0.717) is 12.0 Å². The largest absolute Gasteiger partial charge is 0.382 e. The molecule has 1 N–H and O–H groups in total. The summed E-state index contributed by atoms with van der Waals surface area (Å²) in [5, 5.41) is 3.46. The fourth-order valence-electron chi connectivity index (χ4n) is 2.56. The van der Waals surface area contributed by atoms with Gasteiger partial charge < -0.3 is 5.32 Å². The van der Waals surface area contributed by atoms with Gasteiger partial charge in [0.25, 0.3) is 0 Å². The summed E-state index contributed by atoms with van der Waals surface area (Å²) < 4.78 is 25.9. The molecule has 104 valence electrons. The van der Waals surface area contributed by atoms with E-state index in [1.165, 1.54) is 23.8 Å². The van der Waals surface area contributed by atoms with Gasteiger partial charge in [-0.3, -0.25) is 0 Å². The summed E-state index contributed by atoms with van der Waals surface area (Å²) in [6.07, 6.45) is 1.97. The normalized spacial score (nSPS) is 21.4. The quantitative estimate of drug-likeness (QED) is 0.842. The van der Waals surface area contributed by atoms with E-state index < -0.39 is 5.82 Å². The third-order valence-electron chi connectivity index (χ3n) is 3.77. The van der Waals surface area contributed by atoms with Crippen LogP contribution in [0, 0.1) is 11.6 Å². The van der Waals surface area contributed by atoms with Gasteiger partial charge >= 0.3 is 0 Å². The van der Waals surface area contributed by atoms with E-state index in [9.17, 15) is 8.78 Å². The number of benzene rings is 2. The number of rotatable bonds is 3. The molecule has 1 aliphatic rings. The number of nitrogens with one attached hydrogen (secondary N) is 1. The van der Waals surface area contributed by atoms with E-state index in [1.54, 1.807) is 12.1 Å². The zero-order chi connectivity index (χ0) is 14.1. The lowest BCUT2D eigenvalue weighted by atomic mass is 9.76. The molecule has 20 heavy (non-hydrogen) atoms. The van der Waals surface area contributed by atoms with Crippen molar-refractivity contribution in [2.24, 2.45) is 0 Å². The lowest BCUT2D eigenvalue weighted by Gasteiger charge is -2.37. The highest BCUT2D eigenvalue weighted by Gasteiger charge is 2.30. The number of hydrogen-bond donors (Lipinski definition) is 1. The molecule has 1 nitrogen and oxygen atoms in total. The monoisotopic (exact) mass is 293 g/mol. The van der Waals surface area contributed by atoms with Crippen molar-refractivity contribution in [1.82, 2.24) is 0 Å². The molecule has 1 aliphatic carbocycles. The Kier molecular flexibility index (Phi) is 3.62. The Labute approximate surface area is 121 Å². The maximum Gasteiger partial charge on any atom is 0.141 e. The molecule has 0 aliphatic heterocycles. The van der Waals surface area contributed by atoms with Gasteiger partial charge in [-0.1, -0.05) is 23.7 Å². The minimum absolute atomic E-state index is 0.129. The lowest BCUT2D eigenvalue weighted by Crippen LogP contribution is -2.33. The third-order valence-corrected chi connectivity index (χ3v) is 4.06. The summed E-state index contributed by atoms with van der Waals surface area (Å²) in [6, 6.07) is 11.7. The Morgan fingerprint density at radius 1 is 1.00 bits per heavy atom. The molecule has 0 radical (unpaired) electrons. The molecule has 2 aromatic rings. The van der Waals surface area contributed by atoms with Crippen LogP contribution in [0.4, 0.5) is 14.5 Å². The third kappa shape index (κ3) is 2.78. The van der Waals surface area contributed by atoms with E-state index >= 15 is 0 Å². The van der Waals surface area contributed by atoms with Gasteiger partial charge in [0.15, 0.2) is 0 Å². The van der Waals surface area contributed by atoms with Gasteiger partial charge in [0.2, 0.25) is 0 Å². The summed E-state index contributed by atoms with van der Waals surface area (Å²) in [5.74, 6) is -0.150. The number of halogens is 3. The molecule has 2 aromatic carbocycles. The first kappa shape index (κ1) is 13.4. The van der Waals surface area contributed by atoms with Gasteiger partial charge in [-0.05, 0) is 54.7 Å². The SMILES string of the molecule is Fc1ccc(C2CC(Nc3ccc(F)c(Cl)c3)C2)cc1. The van der Waals surface area contributed by atoms with Crippen LogP contribution in [0.25, 0.3) is 0 Å². The van der Waals surface area contributed by atoms with E-state index in [4.69, 9.17) is 11.6 Å². The second-order valence-electron chi connectivity index (χ2n) is 5.19. The Morgan fingerprint density at radius 3 is 2.35 bits per heavy atom. The van der Waals surface area contributed by atoms with Crippen molar-refractivity contribution in [1.29, 1.82) is 0 Å². The molecule has 0 bridgehead atoms. The average molecular weight is 294 g/mol. The first-order valence-electron chi connectivity index (χ1n) is 6.59. The highest BCUT2D eigenvalue weighted by Crippen LogP contribution is 2.38. The molecule has 1 fully saturated rings. The highest BCUT2D eigenvalue weighted by molar-refractivity contribution is 6.31. The molecule has 0 amide bonds. The van der Waals surface area contributed by atoms with Crippen LogP contribution in [-0.4, -0.2) is 6.04 Å². The minimum Gasteiger partial charge on any atom is -0.382 e. The summed E-state index contributed by atoms with van der Waals surface area (Å²) in [6.45, 7) is 0. The van der Waals surface area contributed by atoms with Crippen molar-refractivity contribution in [3.63, 3.8) is 0 Å². The lowest BCUT2D eigenvalue weighted by molar-refractivity contribution is 0.374. The Hall–Kier alpha value is -1.61. The Bertz CT molecular complexity index is 606. The average Bonchev–Trinajstić information content (AvgIpc) is 2.39. The Morgan fingerprint density at radius 2 is 1.70 bits per heavy atom. The topological polar surface area (TPSA) is 12.0 Å². The second kappa shape index (κ2) is 5.41. The summed E-state index contributed by atoms with van der Waals surface area (Å²) in [4.78, 5) is 0. The van der Waals surface area contributed by atoms with E-state index in [-0.39, 0.29) is 10.8 Å². The smallest absolute Gasteiger partial charge is 0.141 e. The molecule has 0 unspecified atom stereocenters. The highest BCUT2D eigenvalue weighted by atomic mass is 35.5. The molecule has 0 aromatic heterocycles. The van der Waals surface area contributed by atoms with Crippen molar-refractivity contribution in [3.8, 4) is 0 Å². The fraction of sp³-hybridized carbons (Fsp3) is 0.250. The summed E-state index contributed by atoms with van der Waals surface area (Å²) >= 11 is 5.75. The van der Waals surface area contributed by atoms with Gasteiger partial charge in [0.1, 0.15) is 11.6 Å². The van der Waals surface area contributed by atoms with Crippen LogP contribution in [0.5, 0.6) is 0 Å². The second-order valence-corrected chi connectivity index (χ2v) is 5.60. The molecule has 0 spiro atoms. The van der Waals surface area contributed by atoms with Crippen LogP contribution in [0.15, 0.2) is 42.5 Å².